The molecule has 0 bridgehead atoms. The average molecular weight is 431 g/mol. The maximum absolute atomic E-state index is 12.6. The third-order valence-corrected chi connectivity index (χ3v) is 5.48. The summed E-state index contributed by atoms with van der Waals surface area (Å²) in [6.45, 7) is 4.84. The van der Waals surface area contributed by atoms with Crippen LogP contribution in [0.1, 0.15) is 54.2 Å². The highest BCUT2D eigenvalue weighted by molar-refractivity contribution is 6.10. The van der Waals surface area contributed by atoms with E-state index in [1.165, 1.54) is 31.2 Å². The van der Waals surface area contributed by atoms with Crippen LogP contribution < -0.4 is 10.6 Å². The molecule has 0 radical (unpaired) electrons. The van der Waals surface area contributed by atoms with E-state index in [2.05, 4.69) is 57.1 Å². The maximum atomic E-state index is 12.6. The van der Waals surface area contributed by atoms with Crippen LogP contribution in [0, 0.1) is 0 Å². The van der Waals surface area contributed by atoms with Crippen molar-refractivity contribution in [2.75, 3.05) is 11.9 Å². The predicted octanol–water partition coefficient (Wildman–Crippen LogP) is 4.73. The van der Waals surface area contributed by atoms with Gasteiger partial charge in [-0.05, 0) is 30.2 Å². The Morgan fingerprint density at radius 2 is 1.84 bits per heavy atom. The number of amides is 1. The fraction of sp³-hybridized carbons (Fsp3) is 0.320. The number of H-pyrrole nitrogens is 1. The monoisotopic (exact) mass is 430 g/mol. The van der Waals surface area contributed by atoms with Crippen LogP contribution in [-0.2, 0) is 13.1 Å². The summed E-state index contributed by atoms with van der Waals surface area (Å²) in [6, 6.07) is 16.1. The second kappa shape index (κ2) is 10.7. The Labute approximate surface area is 188 Å². The molecule has 2 aromatic carbocycles. The molecule has 0 unspecified atom stereocenters. The molecule has 32 heavy (non-hydrogen) atoms. The van der Waals surface area contributed by atoms with Gasteiger partial charge in [0.25, 0.3) is 5.91 Å². The Morgan fingerprint density at radius 3 is 2.69 bits per heavy atom. The van der Waals surface area contributed by atoms with Crippen molar-refractivity contribution in [2.24, 2.45) is 0 Å². The fourth-order valence-electron chi connectivity index (χ4n) is 3.70. The average Bonchev–Trinajstić information content (AvgIpc) is 3.44. The minimum absolute atomic E-state index is 0.256. The van der Waals surface area contributed by atoms with E-state index in [4.69, 9.17) is 0 Å². The molecule has 7 heteroatoms. The third kappa shape index (κ3) is 5.62. The molecule has 0 aliphatic carbocycles. The first-order valence-electron chi connectivity index (χ1n) is 11.3. The van der Waals surface area contributed by atoms with Crippen molar-refractivity contribution in [3.63, 3.8) is 0 Å². The highest BCUT2D eigenvalue weighted by Gasteiger charge is 2.14. The lowest BCUT2D eigenvalue weighted by Gasteiger charge is -2.07. The number of aromatic nitrogens is 4. The number of nitrogens with one attached hydrogen (secondary N) is 3. The second-order valence-electron chi connectivity index (χ2n) is 8.05. The van der Waals surface area contributed by atoms with Gasteiger partial charge in [-0.15, -0.1) is 0 Å². The Balaban J connectivity index is 1.28. The van der Waals surface area contributed by atoms with Gasteiger partial charge in [0, 0.05) is 18.1 Å². The van der Waals surface area contributed by atoms with Gasteiger partial charge in [-0.2, -0.15) is 10.2 Å². The number of rotatable bonds is 11. The van der Waals surface area contributed by atoms with E-state index in [1.807, 2.05) is 35.1 Å². The number of para-hydroxylation sites is 1. The summed E-state index contributed by atoms with van der Waals surface area (Å²) in [5.74, 6) is -0.256. The van der Waals surface area contributed by atoms with Crippen LogP contribution in [0.5, 0.6) is 0 Å². The van der Waals surface area contributed by atoms with Gasteiger partial charge in [0.1, 0.15) is 0 Å². The normalized spacial score (nSPS) is 11.2. The molecule has 0 spiro atoms. The molecule has 4 rings (SSSR count). The van der Waals surface area contributed by atoms with Gasteiger partial charge in [-0.25, -0.2) is 0 Å². The molecular weight excluding hydrogens is 400 g/mol. The summed E-state index contributed by atoms with van der Waals surface area (Å²) in [5, 5.41) is 18.6. The third-order valence-electron chi connectivity index (χ3n) is 5.48. The number of hydrogen-bond acceptors (Lipinski definition) is 4. The van der Waals surface area contributed by atoms with Crippen LogP contribution >= 0.6 is 0 Å². The quantitative estimate of drug-likeness (QED) is 0.300. The molecule has 0 saturated carbocycles. The van der Waals surface area contributed by atoms with Crippen LogP contribution in [0.3, 0.4) is 0 Å². The zero-order valence-electron chi connectivity index (χ0n) is 18.5. The van der Waals surface area contributed by atoms with Crippen LogP contribution in [0.2, 0.25) is 0 Å². The van der Waals surface area contributed by atoms with Crippen molar-refractivity contribution in [3.8, 4) is 0 Å². The second-order valence-corrected chi connectivity index (χ2v) is 8.05. The number of aromatic amines is 1. The van der Waals surface area contributed by atoms with Crippen LogP contribution in [0.15, 0.2) is 60.9 Å². The Bertz CT molecular complexity index is 1140. The number of carbonyl (C=O) groups excluding carboxylic acids is 1. The highest BCUT2D eigenvalue weighted by atomic mass is 16.2. The van der Waals surface area contributed by atoms with Crippen molar-refractivity contribution in [3.05, 3.63) is 77.7 Å². The topological polar surface area (TPSA) is 87.6 Å². The maximum Gasteiger partial charge on any atom is 0.276 e. The molecule has 0 aliphatic heterocycles. The molecular formula is C25H30N6O. The van der Waals surface area contributed by atoms with Crippen molar-refractivity contribution < 1.29 is 4.79 Å². The van der Waals surface area contributed by atoms with Gasteiger partial charge in [0.2, 0.25) is 0 Å². The number of anilines is 1. The molecule has 1 amide bonds. The Hall–Kier alpha value is -3.45. The summed E-state index contributed by atoms with van der Waals surface area (Å²) in [5.41, 5.74) is 4.30. The molecule has 3 N–H and O–H groups in total. The largest absolute Gasteiger partial charge is 0.318 e. The minimum Gasteiger partial charge on any atom is -0.318 e. The van der Waals surface area contributed by atoms with Crippen LogP contribution in [0.4, 0.5) is 5.69 Å². The predicted molar refractivity (Wildman–Crippen MR) is 128 cm³/mol. The van der Waals surface area contributed by atoms with Gasteiger partial charge >= 0.3 is 0 Å². The highest BCUT2D eigenvalue weighted by Crippen LogP contribution is 2.17. The molecule has 2 heterocycles. The number of nitrogens with zero attached hydrogens (tertiary/aromatic N) is 3. The first-order valence-corrected chi connectivity index (χ1v) is 11.3. The van der Waals surface area contributed by atoms with E-state index in [9.17, 15) is 4.79 Å². The summed E-state index contributed by atoms with van der Waals surface area (Å²) in [4.78, 5) is 12.6. The number of hydrogen-bond donors (Lipinski definition) is 3. The lowest BCUT2D eigenvalue weighted by Crippen LogP contribution is -2.14. The molecule has 2 aromatic heterocycles. The van der Waals surface area contributed by atoms with Gasteiger partial charge in [-0.3, -0.25) is 14.6 Å². The number of fused-ring (bicyclic) bond motifs is 1. The van der Waals surface area contributed by atoms with E-state index in [-0.39, 0.29) is 5.91 Å². The minimum atomic E-state index is -0.256. The smallest absolute Gasteiger partial charge is 0.276 e. The lowest BCUT2D eigenvalue weighted by molar-refractivity contribution is 0.102. The number of benzene rings is 2. The van der Waals surface area contributed by atoms with Crippen molar-refractivity contribution >= 4 is 22.5 Å². The van der Waals surface area contributed by atoms with E-state index in [1.54, 1.807) is 6.20 Å². The molecule has 0 aliphatic rings. The lowest BCUT2D eigenvalue weighted by atomic mass is 10.1. The van der Waals surface area contributed by atoms with Crippen LogP contribution in [-0.4, -0.2) is 32.4 Å². The number of carbonyl (C=O) groups is 1. The molecule has 0 saturated heterocycles. The van der Waals surface area contributed by atoms with Gasteiger partial charge in [0.15, 0.2) is 5.69 Å². The molecule has 4 aromatic rings. The Kier molecular flexibility index (Phi) is 7.30. The zero-order valence-corrected chi connectivity index (χ0v) is 18.5. The van der Waals surface area contributed by atoms with Crippen LogP contribution in [0.25, 0.3) is 10.9 Å². The van der Waals surface area contributed by atoms with Crippen molar-refractivity contribution in [2.45, 2.75) is 45.7 Å². The van der Waals surface area contributed by atoms with Crippen molar-refractivity contribution in [1.82, 2.24) is 25.3 Å². The van der Waals surface area contributed by atoms with Gasteiger partial charge < -0.3 is 10.6 Å². The van der Waals surface area contributed by atoms with E-state index in [0.717, 1.165) is 29.6 Å². The fourth-order valence-corrected chi connectivity index (χ4v) is 3.70. The summed E-state index contributed by atoms with van der Waals surface area (Å²) >= 11 is 0. The summed E-state index contributed by atoms with van der Waals surface area (Å²) in [7, 11) is 0. The molecule has 7 nitrogen and oxygen atoms in total. The molecule has 0 fully saturated rings. The standard InChI is InChI=1S/C25H30N6O/c1-2-3-4-7-14-26-15-19-10-12-20(13-11-19)17-31-18-21(16-27-31)28-25(32)24-22-8-5-6-9-23(22)29-30-24/h5-6,8-13,16,18,26H,2-4,7,14-15,17H2,1H3,(H,28,32)(H,29,30). The van der Waals surface area contributed by atoms with E-state index < -0.39 is 0 Å². The molecule has 0 atom stereocenters. The van der Waals surface area contributed by atoms with Gasteiger partial charge in [0.05, 0.1) is 23.9 Å². The van der Waals surface area contributed by atoms with E-state index in [0.29, 0.717) is 17.9 Å². The Morgan fingerprint density at radius 1 is 1.03 bits per heavy atom. The first-order chi connectivity index (χ1) is 15.7. The zero-order chi connectivity index (χ0) is 22.2. The van der Waals surface area contributed by atoms with Gasteiger partial charge in [-0.1, -0.05) is 68.7 Å². The SMILES string of the molecule is CCCCCCNCc1ccc(Cn2cc(NC(=O)c3n[nH]c4ccccc34)cn2)cc1. The van der Waals surface area contributed by atoms with E-state index >= 15 is 0 Å². The van der Waals surface area contributed by atoms with Crippen molar-refractivity contribution in [1.29, 1.82) is 0 Å². The summed E-state index contributed by atoms with van der Waals surface area (Å²) < 4.78 is 1.82. The molecule has 166 valence electrons. The number of unbranched alkanes of at least 4 members (excludes halogenated alkanes) is 3. The first kappa shape index (κ1) is 21.8. The summed E-state index contributed by atoms with van der Waals surface area (Å²) in [6.07, 6.45) is 8.61.